The van der Waals surface area contributed by atoms with E-state index in [1.54, 1.807) is 0 Å². The molecule has 0 aliphatic rings. The van der Waals surface area contributed by atoms with Crippen molar-refractivity contribution in [2.24, 2.45) is 5.92 Å². The maximum atomic E-state index is 4.01. The van der Waals surface area contributed by atoms with E-state index in [4.69, 9.17) is 0 Å². The van der Waals surface area contributed by atoms with Crippen LogP contribution in [0.1, 0.15) is 40.0 Å². The van der Waals surface area contributed by atoms with Gasteiger partial charge in [0.1, 0.15) is 0 Å². The van der Waals surface area contributed by atoms with Crippen LogP contribution in [0.25, 0.3) is 0 Å². The van der Waals surface area contributed by atoms with E-state index in [-0.39, 0.29) is 0 Å². The number of rotatable bonds is 6. The molecule has 0 heterocycles. The van der Waals surface area contributed by atoms with Gasteiger partial charge in [-0.3, -0.25) is 0 Å². The average molecular weight is 165 g/mol. The third-order valence-electron chi connectivity index (χ3n) is 2.04. The van der Waals surface area contributed by atoms with Crippen LogP contribution in [0.3, 0.4) is 0 Å². The standard InChI is InChI=1S/C12H21/c1-6-7-11(4)8-9-12(5)10(2)3/h8,10H,4-7,9H2,1-3H3. The van der Waals surface area contributed by atoms with Crippen LogP contribution in [0.15, 0.2) is 24.3 Å². The van der Waals surface area contributed by atoms with Gasteiger partial charge < -0.3 is 0 Å². The fourth-order valence-electron chi connectivity index (χ4n) is 0.934. The zero-order valence-electron chi connectivity index (χ0n) is 8.69. The Morgan fingerprint density at radius 1 is 1.33 bits per heavy atom. The van der Waals surface area contributed by atoms with Gasteiger partial charge in [-0.2, -0.15) is 0 Å². The Balaban J connectivity index is 3.54. The van der Waals surface area contributed by atoms with Crippen molar-refractivity contribution in [3.05, 3.63) is 30.7 Å². The van der Waals surface area contributed by atoms with Crippen LogP contribution in [0, 0.1) is 12.3 Å². The molecule has 0 atom stereocenters. The van der Waals surface area contributed by atoms with Gasteiger partial charge in [0.05, 0.1) is 0 Å². The predicted molar refractivity (Wildman–Crippen MR) is 56.9 cm³/mol. The summed E-state index contributed by atoms with van der Waals surface area (Å²) in [5.41, 5.74) is 2.55. The molecule has 0 aromatic heterocycles. The predicted octanol–water partition coefficient (Wildman–Crippen LogP) is 4.15. The molecule has 0 spiro atoms. The smallest absolute Gasteiger partial charge is 0.0100 e. The van der Waals surface area contributed by atoms with Gasteiger partial charge in [-0.25, -0.2) is 0 Å². The van der Waals surface area contributed by atoms with Crippen molar-refractivity contribution in [3.8, 4) is 0 Å². The fraction of sp³-hybridized carbons (Fsp3) is 0.583. The second-order valence-electron chi connectivity index (χ2n) is 3.63. The van der Waals surface area contributed by atoms with E-state index in [1.165, 1.54) is 17.6 Å². The van der Waals surface area contributed by atoms with Crippen LogP contribution in [0.2, 0.25) is 0 Å². The minimum Gasteiger partial charge on any atom is -0.0996 e. The SMILES string of the molecule is C=C([CH]CC(=C)C(C)C)CCC. The normalized spacial score (nSPS) is 10.3. The highest BCUT2D eigenvalue weighted by Crippen LogP contribution is 2.17. The van der Waals surface area contributed by atoms with Gasteiger partial charge in [0.15, 0.2) is 0 Å². The molecule has 12 heavy (non-hydrogen) atoms. The molecule has 0 saturated carbocycles. The van der Waals surface area contributed by atoms with Gasteiger partial charge in [0.2, 0.25) is 0 Å². The summed E-state index contributed by atoms with van der Waals surface area (Å²) >= 11 is 0. The number of hydrogen-bond donors (Lipinski definition) is 0. The lowest BCUT2D eigenvalue weighted by Crippen LogP contribution is -1.93. The van der Waals surface area contributed by atoms with Crippen LogP contribution in [-0.4, -0.2) is 0 Å². The van der Waals surface area contributed by atoms with Crippen LogP contribution in [0.4, 0.5) is 0 Å². The van der Waals surface area contributed by atoms with Crippen molar-refractivity contribution >= 4 is 0 Å². The fourth-order valence-corrected chi connectivity index (χ4v) is 0.934. The van der Waals surface area contributed by atoms with Crippen molar-refractivity contribution in [3.63, 3.8) is 0 Å². The summed E-state index contributed by atoms with van der Waals surface area (Å²) in [6, 6.07) is 0. The van der Waals surface area contributed by atoms with Crippen molar-refractivity contribution in [1.29, 1.82) is 0 Å². The van der Waals surface area contributed by atoms with Crippen molar-refractivity contribution in [2.45, 2.75) is 40.0 Å². The lowest BCUT2D eigenvalue weighted by molar-refractivity contribution is 0.739. The van der Waals surface area contributed by atoms with Gasteiger partial charge in [0.25, 0.3) is 0 Å². The van der Waals surface area contributed by atoms with Gasteiger partial charge in [0, 0.05) is 0 Å². The first-order valence-electron chi connectivity index (χ1n) is 4.76. The van der Waals surface area contributed by atoms with Crippen LogP contribution in [0.5, 0.6) is 0 Å². The molecule has 1 radical (unpaired) electrons. The maximum absolute atomic E-state index is 4.01. The summed E-state index contributed by atoms with van der Waals surface area (Å²) in [4.78, 5) is 0. The lowest BCUT2D eigenvalue weighted by atomic mass is 9.97. The summed E-state index contributed by atoms with van der Waals surface area (Å²) in [7, 11) is 0. The average Bonchev–Trinajstić information content (AvgIpc) is 2.00. The highest BCUT2D eigenvalue weighted by Gasteiger charge is 2.01. The minimum atomic E-state index is 0.593. The van der Waals surface area contributed by atoms with Gasteiger partial charge in [-0.15, -0.1) is 0 Å². The molecule has 0 fully saturated rings. The summed E-state index contributed by atoms with van der Waals surface area (Å²) in [6.07, 6.45) is 5.50. The first kappa shape index (κ1) is 11.5. The molecule has 0 heteroatoms. The Morgan fingerprint density at radius 3 is 2.33 bits per heavy atom. The Morgan fingerprint density at radius 2 is 1.92 bits per heavy atom. The van der Waals surface area contributed by atoms with E-state index in [0.29, 0.717) is 5.92 Å². The molecule has 0 aliphatic carbocycles. The number of allylic oxidation sites excluding steroid dienone is 2. The Hall–Kier alpha value is -0.520. The minimum absolute atomic E-state index is 0.593. The first-order valence-corrected chi connectivity index (χ1v) is 4.76. The summed E-state index contributed by atoms with van der Waals surface area (Å²) < 4.78 is 0. The molecule has 0 aromatic rings. The van der Waals surface area contributed by atoms with Crippen LogP contribution < -0.4 is 0 Å². The molecule has 0 nitrogen and oxygen atoms in total. The van der Waals surface area contributed by atoms with E-state index in [9.17, 15) is 0 Å². The van der Waals surface area contributed by atoms with Crippen LogP contribution >= 0.6 is 0 Å². The van der Waals surface area contributed by atoms with Crippen molar-refractivity contribution in [2.75, 3.05) is 0 Å². The molecular formula is C12H21. The molecular weight excluding hydrogens is 144 g/mol. The van der Waals surface area contributed by atoms with Gasteiger partial charge in [-0.05, 0) is 25.2 Å². The van der Waals surface area contributed by atoms with Crippen LogP contribution in [-0.2, 0) is 0 Å². The Bertz CT molecular complexity index is 151. The zero-order chi connectivity index (χ0) is 9.56. The second-order valence-corrected chi connectivity index (χ2v) is 3.63. The van der Waals surface area contributed by atoms with E-state index in [2.05, 4.69) is 40.3 Å². The maximum Gasteiger partial charge on any atom is -0.0100 e. The summed E-state index contributed by atoms with van der Waals surface area (Å²) in [5, 5.41) is 0. The quantitative estimate of drug-likeness (QED) is 0.519. The Kier molecular flexibility index (Phi) is 5.79. The molecule has 0 aromatic carbocycles. The van der Waals surface area contributed by atoms with Crippen molar-refractivity contribution < 1.29 is 0 Å². The molecule has 0 saturated heterocycles. The third kappa shape index (κ3) is 5.17. The van der Waals surface area contributed by atoms with E-state index in [1.807, 2.05) is 0 Å². The van der Waals surface area contributed by atoms with E-state index >= 15 is 0 Å². The highest BCUT2D eigenvalue weighted by molar-refractivity contribution is 5.14. The molecule has 69 valence electrons. The first-order chi connectivity index (χ1) is 5.57. The third-order valence-corrected chi connectivity index (χ3v) is 2.04. The molecule has 0 amide bonds. The second kappa shape index (κ2) is 6.05. The van der Waals surface area contributed by atoms with Gasteiger partial charge in [-0.1, -0.05) is 51.5 Å². The zero-order valence-corrected chi connectivity index (χ0v) is 8.69. The van der Waals surface area contributed by atoms with E-state index in [0.717, 1.165) is 12.8 Å². The summed E-state index contributed by atoms with van der Waals surface area (Å²) in [5.74, 6) is 0.593. The molecule has 0 aliphatic heterocycles. The monoisotopic (exact) mass is 165 g/mol. The van der Waals surface area contributed by atoms with Gasteiger partial charge >= 0.3 is 0 Å². The molecule has 0 N–H and O–H groups in total. The topological polar surface area (TPSA) is 0 Å². The van der Waals surface area contributed by atoms with E-state index < -0.39 is 0 Å². The molecule has 0 bridgehead atoms. The highest BCUT2D eigenvalue weighted by atomic mass is 14.1. The largest absolute Gasteiger partial charge is 0.0996 e. The van der Waals surface area contributed by atoms with Crippen molar-refractivity contribution in [1.82, 2.24) is 0 Å². The molecule has 0 rings (SSSR count). The summed E-state index contributed by atoms with van der Waals surface area (Å²) in [6.45, 7) is 14.5. The lowest BCUT2D eigenvalue weighted by Gasteiger charge is -2.09. The molecule has 0 unspecified atom stereocenters. The Labute approximate surface area is 77.4 Å². The number of hydrogen-bond acceptors (Lipinski definition) is 0.